The third kappa shape index (κ3) is 4.21. The molecule has 3 nitrogen and oxygen atoms in total. The van der Waals surface area contributed by atoms with Crippen LogP contribution in [-0.4, -0.2) is 29.9 Å². The fraction of sp³-hybridized carbons (Fsp3) is 0.421. The van der Waals surface area contributed by atoms with Crippen molar-refractivity contribution in [3.05, 3.63) is 58.3 Å². The second-order valence-electron chi connectivity index (χ2n) is 6.24. The standard InChI is InChI=1S/C19H24N2OS/c1-15-8-5-6-12-21(15)14-18(22)20-19(17-11-7-13-23-17)16-9-3-2-4-10-16/h2-4,7,9-11,13,15,19H,5-6,8,12,14H2,1H3,(H,20,22)/t15-,19+/m1/s1. The number of hydrogen-bond acceptors (Lipinski definition) is 3. The van der Waals surface area contributed by atoms with Crippen LogP contribution in [0.3, 0.4) is 0 Å². The number of nitrogens with one attached hydrogen (secondary N) is 1. The lowest BCUT2D eigenvalue weighted by molar-refractivity contribution is -0.123. The van der Waals surface area contributed by atoms with Crippen molar-refractivity contribution in [2.24, 2.45) is 0 Å². The Hall–Kier alpha value is -1.65. The van der Waals surface area contributed by atoms with E-state index in [9.17, 15) is 4.79 Å². The zero-order valence-corrected chi connectivity index (χ0v) is 14.4. The first-order chi connectivity index (χ1) is 11.2. The Morgan fingerprint density at radius 1 is 1.26 bits per heavy atom. The minimum absolute atomic E-state index is 0.0520. The Bertz CT molecular complexity index is 612. The molecule has 0 bridgehead atoms. The highest BCUT2D eigenvalue weighted by Gasteiger charge is 2.23. The molecule has 1 amide bonds. The summed E-state index contributed by atoms with van der Waals surface area (Å²) in [5.74, 6) is 0.112. The van der Waals surface area contributed by atoms with Crippen LogP contribution < -0.4 is 5.32 Å². The van der Waals surface area contributed by atoms with Gasteiger partial charge in [0.25, 0.3) is 0 Å². The number of carbonyl (C=O) groups excluding carboxylic acids is 1. The van der Waals surface area contributed by atoms with E-state index in [0.717, 1.165) is 12.1 Å². The van der Waals surface area contributed by atoms with Crippen LogP contribution in [-0.2, 0) is 4.79 Å². The number of rotatable bonds is 5. The second kappa shape index (κ2) is 7.75. The average molecular weight is 328 g/mol. The molecule has 0 unspecified atom stereocenters. The smallest absolute Gasteiger partial charge is 0.234 e. The van der Waals surface area contributed by atoms with Crippen molar-refractivity contribution in [3.8, 4) is 0 Å². The molecule has 2 aromatic rings. The number of nitrogens with zero attached hydrogens (tertiary/aromatic N) is 1. The molecule has 0 aliphatic carbocycles. The summed E-state index contributed by atoms with van der Waals surface area (Å²) >= 11 is 1.69. The highest BCUT2D eigenvalue weighted by atomic mass is 32.1. The molecule has 0 saturated carbocycles. The summed E-state index contributed by atoms with van der Waals surface area (Å²) in [5, 5.41) is 5.29. The Morgan fingerprint density at radius 3 is 2.78 bits per heavy atom. The molecule has 1 fully saturated rings. The quantitative estimate of drug-likeness (QED) is 0.905. The van der Waals surface area contributed by atoms with E-state index in [4.69, 9.17) is 0 Å². The summed E-state index contributed by atoms with van der Waals surface area (Å²) in [7, 11) is 0. The lowest BCUT2D eigenvalue weighted by Crippen LogP contribution is -2.45. The van der Waals surface area contributed by atoms with Crippen molar-refractivity contribution in [1.29, 1.82) is 0 Å². The van der Waals surface area contributed by atoms with Gasteiger partial charge in [-0.05, 0) is 43.3 Å². The van der Waals surface area contributed by atoms with Crippen LogP contribution in [0.5, 0.6) is 0 Å². The molecular weight excluding hydrogens is 304 g/mol. The van der Waals surface area contributed by atoms with Crippen LogP contribution in [0.1, 0.15) is 42.7 Å². The topological polar surface area (TPSA) is 32.3 Å². The zero-order valence-electron chi connectivity index (χ0n) is 13.6. The van der Waals surface area contributed by atoms with Gasteiger partial charge in [0, 0.05) is 10.9 Å². The fourth-order valence-electron chi connectivity index (χ4n) is 3.20. The van der Waals surface area contributed by atoms with Gasteiger partial charge in [0.05, 0.1) is 12.6 Å². The van der Waals surface area contributed by atoms with Gasteiger partial charge >= 0.3 is 0 Å². The summed E-state index contributed by atoms with van der Waals surface area (Å²) in [5.41, 5.74) is 1.13. The minimum atomic E-state index is -0.0520. The summed E-state index contributed by atoms with van der Waals surface area (Å²) in [6, 6.07) is 14.8. The van der Waals surface area contributed by atoms with Gasteiger partial charge in [-0.2, -0.15) is 0 Å². The molecule has 3 rings (SSSR count). The SMILES string of the molecule is C[C@@H]1CCCCN1CC(=O)N[C@@H](c1ccccc1)c1cccs1. The number of thiophene rings is 1. The maximum Gasteiger partial charge on any atom is 0.234 e. The molecule has 0 radical (unpaired) electrons. The molecule has 122 valence electrons. The van der Waals surface area contributed by atoms with E-state index in [1.165, 1.54) is 24.1 Å². The summed E-state index contributed by atoms with van der Waals surface area (Å²) in [6.45, 7) is 3.75. The van der Waals surface area contributed by atoms with E-state index in [2.05, 4.69) is 40.7 Å². The molecule has 1 aromatic carbocycles. The molecule has 4 heteroatoms. The van der Waals surface area contributed by atoms with E-state index in [1.54, 1.807) is 11.3 Å². The van der Waals surface area contributed by atoms with E-state index < -0.39 is 0 Å². The van der Waals surface area contributed by atoms with E-state index in [-0.39, 0.29) is 11.9 Å². The molecule has 2 heterocycles. The molecule has 1 aliphatic heterocycles. The molecule has 1 aliphatic rings. The summed E-state index contributed by atoms with van der Waals surface area (Å²) in [6.07, 6.45) is 3.67. The number of piperidine rings is 1. The van der Waals surface area contributed by atoms with Crippen LogP contribution in [0.4, 0.5) is 0 Å². The van der Waals surface area contributed by atoms with Crippen LogP contribution in [0.2, 0.25) is 0 Å². The zero-order chi connectivity index (χ0) is 16.1. The minimum Gasteiger partial charge on any atom is -0.343 e. The van der Waals surface area contributed by atoms with Crippen molar-refractivity contribution < 1.29 is 4.79 Å². The molecule has 1 N–H and O–H groups in total. The van der Waals surface area contributed by atoms with Crippen LogP contribution in [0.25, 0.3) is 0 Å². The Balaban J connectivity index is 1.70. The highest BCUT2D eigenvalue weighted by molar-refractivity contribution is 7.10. The van der Waals surface area contributed by atoms with E-state index >= 15 is 0 Å². The molecule has 23 heavy (non-hydrogen) atoms. The lowest BCUT2D eigenvalue weighted by atomic mass is 10.0. The Morgan fingerprint density at radius 2 is 2.09 bits per heavy atom. The van der Waals surface area contributed by atoms with Crippen LogP contribution in [0.15, 0.2) is 47.8 Å². The maximum atomic E-state index is 12.6. The van der Waals surface area contributed by atoms with Gasteiger partial charge in [0.1, 0.15) is 0 Å². The summed E-state index contributed by atoms with van der Waals surface area (Å²) < 4.78 is 0. The van der Waals surface area contributed by atoms with Gasteiger partial charge in [-0.3, -0.25) is 9.69 Å². The van der Waals surface area contributed by atoms with Gasteiger partial charge < -0.3 is 5.32 Å². The van der Waals surface area contributed by atoms with Gasteiger partial charge in [0.15, 0.2) is 0 Å². The van der Waals surface area contributed by atoms with Gasteiger partial charge in [0.2, 0.25) is 5.91 Å². The highest BCUT2D eigenvalue weighted by Crippen LogP contribution is 2.26. The molecule has 0 spiro atoms. The van der Waals surface area contributed by atoms with Crippen LogP contribution >= 0.6 is 11.3 Å². The fourth-order valence-corrected chi connectivity index (χ4v) is 4.01. The van der Waals surface area contributed by atoms with Gasteiger partial charge in [-0.1, -0.05) is 42.8 Å². The van der Waals surface area contributed by atoms with Crippen molar-refractivity contribution in [1.82, 2.24) is 10.2 Å². The maximum absolute atomic E-state index is 12.6. The number of likely N-dealkylation sites (tertiary alicyclic amines) is 1. The first kappa shape index (κ1) is 16.2. The van der Waals surface area contributed by atoms with Crippen molar-refractivity contribution in [2.75, 3.05) is 13.1 Å². The number of amides is 1. The monoisotopic (exact) mass is 328 g/mol. The van der Waals surface area contributed by atoms with E-state index in [0.29, 0.717) is 12.6 Å². The predicted molar refractivity (Wildman–Crippen MR) is 95.6 cm³/mol. The number of carbonyl (C=O) groups is 1. The average Bonchev–Trinajstić information content (AvgIpc) is 3.10. The largest absolute Gasteiger partial charge is 0.343 e. The molecule has 1 saturated heterocycles. The van der Waals surface area contributed by atoms with E-state index in [1.807, 2.05) is 24.3 Å². The number of hydrogen-bond donors (Lipinski definition) is 1. The van der Waals surface area contributed by atoms with Crippen molar-refractivity contribution in [3.63, 3.8) is 0 Å². The third-order valence-electron chi connectivity index (χ3n) is 4.55. The normalized spacial score (nSPS) is 20.1. The third-order valence-corrected chi connectivity index (χ3v) is 5.49. The first-order valence-corrected chi connectivity index (χ1v) is 9.24. The molecule has 2 atom stereocenters. The number of benzene rings is 1. The summed E-state index contributed by atoms with van der Waals surface area (Å²) in [4.78, 5) is 16.1. The van der Waals surface area contributed by atoms with Gasteiger partial charge in [-0.25, -0.2) is 0 Å². The Kier molecular flexibility index (Phi) is 5.47. The van der Waals surface area contributed by atoms with Crippen molar-refractivity contribution >= 4 is 17.2 Å². The predicted octanol–water partition coefficient (Wildman–Crippen LogP) is 3.83. The van der Waals surface area contributed by atoms with Gasteiger partial charge in [-0.15, -0.1) is 11.3 Å². The molecule has 1 aromatic heterocycles. The van der Waals surface area contributed by atoms with Crippen LogP contribution in [0, 0.1) is 0 Å². The second-order valence-corrected chi connectivity index (χ2v) is 7.22. The lowest BCUT2D eigenvalue weighted by Gasteiger charge is -2.33. The molecular formula is C19H24N2OS. The Labute approximate surface area is 142 Å². The first-order valence-electron chi connectivity index (χ1n) is 8.36. The van der Waals surface area contributed by atoms with Crippen molar-refractivity contribution in [2.45, 2.75) is 38.3 Å².